The first-order valence-corrected chi connectivity index (χ1v) is 20.0. The van der Waals surface area contributed by atoms with Crippen LogP contribution >= 0.6 is 9.47 Å². The molecule has 49 heavy (non-hydrogen) atoms. The second-order valence-electron chi connectivity index (χ2n) is 18.4. The van der Waals surface area contributed by atoms with E-state index >= 15 is 0 Å². The first-order chi connectivity index (χ1) is 23.3. The molecule has 1 aromatic carbocycles. The number of hydrogen-bond donors (Lipinski definition) is 1. The summed E-state index contributed by atoms with van der Waals surface area (Å²) in [5, 5.41) is 12.1. The monoisotopic (exact) mass is 698 g/mol. The molecule has 7 heteroatoms. The maximum absolute atomic E-state index is 12.1. The van der Waals surface area contributed by atoms with Crippen molar-refractivity contribution in [1.82, 2.24) is 0 Å². The lowest BCUT2D eigenvalue weighted by atomic mass is 9.46. The predicted octanol–water partition coefficient (Wildman–Crippen LogP) is 9.39. The minimum atomic E-state index is -0.370. The Morgan fingerprint density at radius 1 is 1.00 bits per heavy atom. The summed E-state index contributed by atoms with van der Waals surface area (Å²) in [5.41, 5.74) is 3.27. The standard InChI is InChI=1S/C42H67O6P/c1-26(2)29(20-38-46-24-40(4,5)25-47-38)19-36(43)27(3)35-22-37(45-23-28-9-12-31(44-8)13-10-28)39-33-14-11-30-21-32(48-49)15-17-41(30,6)34(33)16-18-42(35,39)7/h9-13,26-27,29,32-39,43H,14-25,49H2,1-8H3/t27?,29?,32-,33?,34?,35?,36?,37?,39?,41-,42+/m0/s1. The Hall–Kier alpha value is -1.01. The average Bonchev–Trinajstić information content (AvgIpc) is 3.39. The van der Waals surface area contributed by atoms with Crippen LogP contribution in [0.5, 0.6) is 5.75 Å². The topological polar surface area (TPSA) is 66.4 Å². The molecule has 9 unspecified atom stereocenters. The van der Waals surface area contributed by atoms with Crippen LogP contribution in [0, 0.1) is 57.7 Å². The molecule has 0 radical (unpaired) electrons. The molecule has 1 aliphatic heterocycles. The van der Waals surface area contributed by atoms with Gasteiger partial charge in [-0.05, 0) is 121 Å². The number of rotatable bonds is 12. The largest absolute Gasteiger partial charge is 0.497 e. The fraction of sp³-hybridized carbons (Fsp3) is 0.810. The summed E-state index contributed by atoms with van der Waals surface area (Å²) >= 11 is 0. The molecule has 1 saturated heterocycles. The van der Waals surface area contributed by atoms with Crippen molar-refractivity contribution in [3.8, 4) is 5.75 Å². The minimum Gasteiger partial charge on any atom is -0.497 e. The van der Waals surface area contributed by atoms with Crippen molar-refractivity contribution < 1.29 is 28.6 Å². The van der Waals surface area contributed by atoms with Crippen LogP contribution in [0.25, 0.3) is 0 Å². The van der Waals surface area contributed by atoms with Crippen molar-refractivity contribution in [2.45, 2.75) is 137 Å². The zero-order chi connectivity index (χ0) is 35.1. The fourth-order valence-corrected chi connectivity index (χ4v) is 11.5. The van der Waals surface area contributed by atoms with E-state index in [2.05, 4.69) is 76.1 Å². The van der Waals surface area contributed by atoms with E-state index in [1.54, 1.807) is 12.7 Å². The molecular formula is C42H67O6P. The van der Waals surface area contributed by atoms with Gasteiger partial charge in [0, 0.05) is 21.3 Å². The number of hydrogen-bond acceptors (Lipinski definition) is 6. The lowest BCUT2D eigenvalue weighted by Gasteiger charge is -2.59. The van der Waals surface area contributed by atoms with Gasteiger partial charge in [0.05, 0.1) is 45.2 Å². The first kappa shape index (κ1) is 37.7. The van der Waals surface area contributed by atoms with Gasteiger partial charge in [0.1, 0.15) is 5.75 Å². The Morgan fingerprint density at radius 3 is 2.37 bits per heavy atom. The quantitative estimate of drug-likeness (QED) is 0.173. The van der Waals surface area contributed by atoms with Gasteiger partial charge in [-0.1, -0.05) is 72.2 Å². The number of methoxy groups -OCH3 is 1. The van der Waals surface area contributed by atoms with E-state index < -0.39 is 0 Å². The number of aliphatic hydroxyl groups excluding tert-OH is 1. The lowest BCUT2D eigenvalue weighted by Crippen LogP contribution is -2.53. The highest BCUT2D eigenvalue weighted by Crippen LogP contribution is 2.68. The normalized spacial score (nSPS) is 37.8. The van der Waals surface area contributed by atoms with Crippen LogP contribution < -0.4 is 4.74 Å². The molecule has 12 atom stereocenters. The highest BCUT2D eigenvalue weighted by atomic mass is 31.0. The van der Waals surface area contributed by atoms with E-state index in [-0.39, 0.29) is 40.7 Å². The molecule has 0 amide bonds. The minimum absolute atomic E-state index is 0.0624. The predicted molar refractivity (Wildman–Crippen MR) is 199 cm³/mol. The maximum atomic E-state index is 12.1. The molecule has 1 heterocycles. The van der Waals surface area contributed by atoms with Crippen LogP contribution in [0.2, 0.25) is 0 Å². The van der Waals surface area contributed by atoms with Crippen molar-refractivity contribution in [2.75, 3.05) is 20.3 Å². The number of fused-ring (bicyclic) bond motifs is 5. The summed E-state index contributed by atoms with van der Waals surface area (Å²) in [6.45, 7) is 18.5. The van der Waals surface area contributed by atoms with Gasteiger partial charge in [-0.2, -0.15) is 0 Å². The Kier molecular flexibility index (Phi) is 11.7. The third-order valence-electron chi connectivity index (χ3n) is 14.4. The third kappa shape index (κ3) is 7.72. The van der Waals surface area contributed by atoms with Crippen LogP contribution in [0.15, 0.2) is 35.9 Å². The highest BCUT2D eigenvalue weighted by Gasteiger charge is 2.63. The van der Waals surface area contributed by atoms with Crippen LogP contribution in [0.3, 0.4) is 0 Å². The molecule has 3 saturated carbocycles. The summed E-state index contributed by atoms with van der Waals surface area (Å²) in [4.78, 5) is 0. The summed E-state index contributed by atoms with van der Waals surface area (Å²) in [5.74, 6) is 4.01. The molecule has 0 aromatic heterocycles. The Morgan fingerprint density at radius 2 is 1.71 bits per heavy atom. The Balaban J connectivity index is 1.22. The Bertz CT molecular complexity index is 1270. The fourth-order valence-electron chi connectivity index (χ4n) is 11.3. The van der Waals surface area contributed by atoms with E-state index in [1.165, 1.54) is 24.8 Å². The van der Waals surface area contributed by atoms with Gasteiger partial charge in [-0.15, -0.1) is 0 Å². The van der Waals surface area contributed by atoms with E-state index in [9.17, 15) is 5.11 Å². The number of ether oxygens (including phenoxy) is 4. The summed E-state index contributed by atoms with van der Waals surface area (Å²) in [6.07, 6.45) is 12.2. The molecule has 0 bridgehead atoms. The van der Waals surface area contributed by atoms with Gasteiger partial charge in [0.2, 0.25) is 0 Å². The van der Waals surface area contributed by atoms with Crippen LogP contribution in [-0.2, 0) is 25.3 Å². The zero-order valence-corrected chi connectivity index (χ0v) is 32.9. The second-order valence-corrected chi connectivity index (χ2v) is 18.7. The van der Waals surface area contributed by atoms with Crippen molar-refractivity contribution >= 4 is 9.47 Å². The summed E-state index contributed by atoms with van der Waals surface area (Å²) in [6, 6.07) is 8.34. The third-order valence-corrected chi connectivity index (χ3v) is 14.8. The number of aliphatic hydroxyl groups is 1. The van der Waals surface area contributed by atoms with E-state index in [0.29, 0.717) is 48.2 Å². The number of benzene rings is 1. The SMILES string of the molecule is COc1ccc(COC2CC(C(C)C(O)CC(CC3OCC(C)(C)CO3)C(C)C)[C@@]3(C)CCC4C(CC=C5C[C@@H](OP)CC[C@@]54C)C23)cc1. The van der Waals surface area contributed by atoms with Crippen molar-refractivity contribution in [3.05, 3.63) is 41.5 Å². The molecule has 0 spiro atoms. The molecule has 6 rings (SSSR count). The van der Waals surface area contributed by atoms with Crippen molar-refractivity contribution in [1.29, 1.82) is 0 Å². The molecule has 5 aliphatic rings. The van der Waals surface area contributed by atoms with Gasteiger partial charge in [-0.25, -0.2) is 0 Å². The van der Waals surface area contributed by atoms with Crippen molar-refractivity contribution in [2.24, 2.45) is 57.7 Å². The number of allylic oxidation sites excluding steroid dienone is 1. The second kappa shape index (κ2) is 15.2. The van der Waals surface area contributed by atoms with E-state index in [4.69, 9.17) is 23.5 Å². The first-order valence-electron chi connectivity index (χ1n) is 19.5. The molecule has 276 valence electrons. The van der Waals surface area contributed by atoms with Gasteiger partial charge < -0.3 is 28.6 Å². The van der Waals surface area contributed by atoms with Crippen LogP contribution in [0.4, 0.5) is 0 Å². The van der Waals surface area contributed by atoms with Gasteiger partial charge in [0.15, 0.2) is 6.29 Å². The van der Waals surface area contributed by atoms with E-state index in [1.807, 2.05) is 12.1 Å². The van der Waals surface area contributed by atoms with Crippen molar-refractivity contribution in [3.63, 3.8) is 0 Å². The van der Waals surface area contributed by atoms with Gasteiger partial charge in [-0.3, -0.25) is 0 Å². The molecule has 1 aromatic rings. The summed E-state index contributed by atoms with van der Waals surface area (Å²) < 4.78 is 30.6. The molecular weight excluding hydrogens is 631 g/mol. The summed E-state index contributed by atoms with van der Waals surface area (Å²) in [7, 11) is 4.23. The molecule has 4 aliphatic carbocycles. The lowest BCUT2D eigenvalue weighted by molar-refractivity contribution is -0.230. The van der Waals surface area contributed by atoms with Crippen LogP contribution in [0.1, 0.15) is 112 Å². The molecule has 4 fully saturated rings. The molecule has 1 N–H and O–H groups in total. The highest BCUT2D eigenvalue weighted by molar-refractivity contribution is 7.09. The van der Waals surface area contributed by atoms with Crippen LogP contribution in [-0.4, -0.2) is 50.0 Å². The smallest absolute Gasteiger partial charge is 0.157 e. The zero-order valence-electron chi connectivity index (χ0n) is 31.8. The maximum Gasteiger partial charge on any atom is 0.157 e. The Labute approximate surface area is 300 Å². The molecule has 6 nitrogen and oxygen atoms in total. The van der Waals surface area contributed by atoms with Gasteiger partial charge in [0.25, 0.3) is 0 Å². The average molecular weight is 699 g/mol. The van der Waals surface area contributed by atoms with Gasteiger partial charge >= 0.3 is 0 Å². The van der Waals surface area contributed by atoms with E-state index in [0.717, 1.165) is 57.5 Å².